The van der Waals surface area contributed by atoms with Gasteiger partial charge in [0, 0.05) is 114 Å². The Labute approximate surface area is 832 Å². The summed E-state index contributed by atoms with van der Waals surface area (Å²) in [7, 11) is -12.7. The number of aromatic hydroxyl groups is 1. The Hall–Kier alpha value is -10.3. The summed E-state index contributed by atoms with van der Waals surface area (Å²) in [6.45, 7) is 35.5. The monoisotopic (exact) mass is 2130 g/mol. The molecule has 730 valence electrons. The van der Waals surface area contributed by atoms with E-state index in [0.29, 0.717) is 102 Å². The van der Waals surface area contributed by atoms with Crippen molar-refractivity contribution >= 4 is 200 Å². The Morgan fingerprint density at radius 1 is 0.420 bits per heavy atom. The lowest BCUT2D eigenvalue weighted by Gasteiger charge is -2.32. The van der Waals surface area contributed by atoms with Crippen molar-refractivity contribution < 1.29 is 81.0 Å². The quantitative estimate of drug-likeness (QED) is 0.0334. The Balaban J connectivity index is 0.000000140. The third-order valence-corrected chi connectivity index (χ3v) is 33.1. The van der Waals surface area contributed by atoms with E-state index >= 15 is 0 Å². The number of carbonyl (C=O) groups is 2. The molecule has 7 saturated heterocycles. The average molecular weight is 2130 g/mol. The first-order chi connectivity index (χ1) is 64.9. The molecule has 19 rings (SSSR count). The highest BCUT2D eigenvalue weighted by Gasteiger charge is 2.64. The van der Waals surface area contributed by atoms with E-state index in [1.54, 1.807) is 36.4 Å². The van der Waals surface area contributed by atoms with Gasteiger partial charge in [-0.25, -0.2) is 63.6 Å². The zero-order valence-electron chi connectivity index (χ0n) is 78.4. The minimum Gasteiger partial charge on any atom is -0.508 e. The summed E-state index contributed by atoms with van der Waals surface area (Å²) in [6, 6.07) is 51.0. The number of amides is 2. The van der Waals surface area contributed by atoms with Crippen molar-refractivity contribution in [2.24, 2.45) is 0 Å². The van der Waals surface area contributed by atoms with Crippen LogP contribution in [0.5, 0.6) is 17.4 Å². The number of aromatic nitrogens is 9. The van der Waals surface area contributed by atoms with Crippen LogP contribution in [0.4, 0.5) is 34.1 Å². The minimum atomic E-state index is -2.92. The molecule has 13 heterocycles. The van der Waals surface area contributed by atoms with E-state index in [0.717, 1.165) is 76.2 Å². The van der Waals surface area contributed by atoms with Gasteiger partial charge < -0.3 is 83.0 Å². The van der Waals surface area contributed by atoms with Crippen molar-refractivity contribution in [2.45, 2.75) is 117 Å². The molecule has 0 radical (unpaired) electrons. The van der Waals surface area contributed by atoms with Gasteiger partial charge in [-0.05, 0) is 231 Å². The normalized spacial score (nSPS) is 19.1. The number of sulfone groups is 4. The van der Waals surface area contributed by atoms with Crippen LogP contribution in [0.3, 0.4) is 0 Å². The van der Waals surface area contributed by atoms with Crippen LogP contribution in [0.25, 0.3) is 55.6 Å². The Kier molecular flexibility index (Phi) is 33.1. The van der Waals surface area contributed by atoms with E-state index in [1.165, 1.54) is 43.3 Å². The third kappa shape index (κ3) is 27.1. The fraction of sp³-hybridized carbons (Fsp3) is 0.362. The third-order valence-electron chi connectivity index (χ3n) is 25.1. The number of nitrogens with one attached hydrogen (secondary N) is 5. The van der Waals surface area contributed by atoms with Crippen LogP contribution in [0.15, 0.2) is 217 Å². The highest BCUT2D eigenvalue weighted by molar-refractivity contribution is 9.10. The van der Waals surface area contributed by atoms with Crippen LogP contribution >= 0.6 is 55.1 Å². The number of phenols is 1. The van der Waals surface area contributed by atoms with Crippen molar-refractivity contribution in [2.75, 3.05) is 129 Å². The van der Waals surface area contributed by atoms with Crippen LogP contribution in [0.1, 0.15) is 83.1 Å². The van der Waals surface area contributed by atoms with Gasteiger partial charge in [0.25, 0.3) is 0 Å². The van der Waals surface area contributed by atoms with Crippen LogP contribution in [0.2, 0.25) is 10.3 Å². The standard InChI is InChI=1S/C25H23N5O4S.C16H24BNO4S.C16H15ClN4O2S.C12H24B2O4.C10H12BrNO2S.C9H9NO2.C6H3BrClN3/c1-2-23(31)28-18-4-3-5-20(14-18)34-25-21-15-22(29-24(21)26-16-27-25)17-6-8-19(9-7-17)30-10-12-35(32,33)13-11-30;1-15(2)16(3,4)22-17(21-15)13-5-7-14(8-6-13)18-9-11-23(19,20)12-10-18;17-15-13-9-14(20-16(13)19-10-18-15)11-1-3-12(4-2-11)21-5-7-24(22,23)8-6-21;1-9(2)10(3,4)16-13(15-9)14-17-11(5,6)12(7,8)18-14;11-9-1-3-10(4-2-9)12-5-7-15(13,14)8-6-12;1-2-9(12)10-7-4-3-5-8(11)6-7;7-4-1-3-5(8)9-2-10-6(3)11-4/h2-9,14-16H,1,10-13H2,(H,28,31)(H,26,27,29);5-8H,9-12H2,1-4H3;1-4,9-10H,5-8H2,(H,18,19,20);1-8H3;1-4H,5-8H2;2-6,11H,1H2,(H,10,12);1-2H,(H,9,10,11). The molecule has 12 aromatic rings. The lowest BCUT2D eigenvalue weighted by Crippen LogP contribution is -2.41. The summed E-state index contributed by atoms with van der Waals surface area (Å²) < 4.78 is 136. The van der Waals surface area contributed by atoms with Gasteiger partial charge in [0.1, 0.15) is 57.7 Å². The summed E-state index contributed by atoms with van der Waals surface area (Å²) >= 11 is 18.5. The van der Waals surface area contributed by atoms with Crippen LogP contribution in [0, 0.1) is 0 Å². The fourth-order valence-corrected chi connectivity index (χ4v) is 20.7. The first-order valence-electron chi connectivity index (χ1n) is 44.3. The maximum Gasteiger partial charge on any atom is 0.494 e. The number of rotatable bonds is 14. The first-order valence-corrected chi connectivity index (χ1v) is 53.9. The second kappa shape index (κ2) is 43.4. The van der Waals surface area contributed by atoms with Crippen molar-refractivity contribution in [3.05, 3.63) is 227 Å². The van der Waals surface area contributed by atoms with Gasteiger partial charge in [0.2, 0.25) is 17.7 Å². The second-order valence-corrected chi connectivity index (χ2v) is 48.1. The van der Waals surface area contributed by atoms with Crippen molar-refractivity contribution in [1.82, 2.24) is 44.9 Å². The van der Waals surface area contributed by atoms with Gasteiger partial charge in [-0.2, -0.15) is 0 Å². The number of ether oxygens (including phenoxy) is 1. The molecule has 0 aliphatic carbocycles. The van der Waals surface area contributed by atoms with Gasteiger partial charge >= 0.3 is 21.1 Å². The number of hydrogen-bond acceptors (Lipinski definition) is 28. The summed E-state index contributed by atoms with van der Waals surface area (Å²) in [5.74, 6) is 2.21. The Bertz CT molecular complexity index is 6740. The fourth-order valence-electron chi connectivity index (χ4n) is 14.9. The number of fused-ring (bicyclic) bond motifs is 3. The van der Waals surface area contributed by atoms with Crippen molar-refractivity contribution in [3.8, 4) is 39.9 Å². The SMILES string of the molecule is C=CC(=O)Nc1cccc(O)c1.C=CC(=O)Nc1cccc(Oc2ncnc3[nH]c(-c4ccc(N5CCS(=O)(=O)CC5)cc4)cc23)c1.CC1(C)OB(B2OC(C)(C)C(C)(C)O2)OC1(C)C.CC1(C)OB(c2ccc(N3CCS(=O)(=O)CC3)cc2)OC1(C)C.Clc1ncnc2[nH]c(Br)cc12.O=S1(=O)CCN(c2ccc(-c3cc4c(Cl)ncnc4[nH]3)cc2)CC1.O=S1(=O)CCN(c2ccc(Br)cc2)CC1. The predicted molar refractivity (Wildman–Crippen MR) is 554 cm³/mol. The second-order valence-electron chi connectivity index (χ2n) is 36.4. The molecular weight excluding hydrogens is 2020 g/mol. The number of phenolic OH excluding ortho intramolecular Hbond substituents is 1. The summed E-state index contributed by atoms with van der Waals surface area (Å²) in [4.78, 5) is 64.8. The van der Waals surface area contributed by atoms with E-state index in [1.807, 2.05) is 198 Å². The number of halogens is 4. The molecule has 0 saturated carbocycles. The molecule has 0 bridgehead atoms. The number of benzene rings is 6. The molecule has 6 N–H and O–H groups in total. The number of anilines is 6. The van der Waals surface area contributed by atoms with Gasteiger partial charge in [0.15, 0.2) is 39.3 Å². The molecular formula is C94H110B3Br2Cl2N15O18S4. The van der Waals surface area contributed by atoms with E-state index in [-0.39, 0.29) is 104 Å². The number of H-pyrrole nitrogens is 3. The van der Waals surface area contributed by atoms with E-state index in [9.17, 15) is 43.3 Å². The summed E-state index contributed by atoms with van der Waals surface area (Å²) in [5, 5.41) is 17.5. The summed E-state index contributed by atoms with van der Waals surface area (Å²) in [6.07, 6.45) is 6.65. The first kappa shape index (κ1) is 105. The topological polar surface area (TPSA) is 417 Å². The van der Waals surface area contributed by atoms with E-state index in [4.69, 9.17) is 61.0 Å². The Morgan fingerprint density at radius 3 is 1.12 bits per heavy atom. The van der Waals surface area contributed by atoms with Crippen LogP contribution in [-0.4, -0.2) is 249 Å². The van der Waals surface area contributed by atoms with Gasteiger partial charge in [-0.1, -0.05) is 101 Å². The molecule has 44 heteroatoms. The molecule has 2 amide bonds. The molecule has 0 unspecified atom stereocenters. The van der Waals surface area contributed by atoms with Crippen molar-refractivity contribution in [1.29, 1.82) is 0 Å². The largest absolute Gasteiger partial charge is 0.508 e. The zero-order valence-corrected chi connectivity index (χ0v) is 86.4. The molecule has 7 fully saturated rings. The van der Waals surface area contributed by atoms with Gasteiger partial charge in [-0.15, -0.1) is 0 Å². The maximum absolute atomic E-state index is 11.7. The van der Waals surface area contributed by atoms with Crippen LogP contribution in [-0.2, 0) is 76.9 Å². The number of nitrogens with zero attached hydrogens (tertiary/aromatic N) is 10. The highest BCUT2D eigenvalue weighted by Crippen LogP contribution is 2.44. The molecule has 138 heavy (non-hydrogen) atoms. The number of aromatic amines is 3. The van der Waals surface area contributed by atoms with E-state index in [2.05, 4.69) is 120 Å². The van der Waals surface area contributed by atoms with Gasteiger partial charge in [0.05, 0.1) is 100 Å². The molecule has 0 atom stereocenters. The zero-order chi connectivity index (χ0) is 99.7. The molecule has 7 aliphatic rings. The molecule has 7 aliphatic heterocycles. The van der Waals surface area contributed by atoms with Gasteiger partial charge in [-0.3, -0.25) is 9.59 Å². The molecule has 0 spiro atoms. The van der Waals surface area contributed by atoms with E-state index < -0.39 is 53.4 Å². The smallest absolute Gasteiger partial charge is 0.494 e. The molecule has 6 aromatic carbocycles. The molecule has 6 aromatic heterocycles. The summed E-state index contributed by atoms with van der Waals surface area (Å²) in [5.41, 5.74) is 9.96. The Morgan fingerprint density at radius 2 is 0.746 bits per heavy atom. The highest BCUT2D eigenvalue weighted by atomic mass is 79.9. The lowest BCUT2D eigenvalue weighted by molar-refractivity contribution is -0.112. The predicted octanol–water partition coefficient (Wildman–Crippen LogP) is 15.3. The number of hydrogen-bond donors (Lipinski definition) is 6. The molecule has 33 nitrogen and oxygen atoms in total. The minimum absolute atomic E-state index is 0.122. The maximum atomic E-state index is 11.7. The number of carbonyl (C=O) groups excluding carboxylic acids is 2. The van der Waals surface area contributed by atoms with Crippen LogP contribution < -0.4 is 40.4 Å². The lowest BCUT2D eigenvalue weighted by atomic mass is 9.49. The van der Waals surface area contributed by atoms with Crippen molar-refractivity contribution in [3.63, 3.8) is 0 Å². The average Bonchev–Trinajstić information content (AvgIpc) is 1.59.